The Labute approximate surface area is 90.8 Å². The van der Waals surface area contributed by atoms with E-state index in [2.05, 4.69) is 37.1 Å². The van der Waals surface area contributed by atoms with Crippen molar-refractivity contribution in [2.75, 3.05) is 26.7 Å². The summed E-state index contributed by atoms with van der Waals surface area (Å²) in [7, 11) is 2.20. The Morgan fingerprint density at radius 3 is 3.07 bits per heavy atom. The van der Waals surface area contributed by atoms with Crippen LogP contribution in [0.3, 0.4) is 0 Å². The molecule has 2 aliphatic heterocycles. The van der Waals surface area contributed by atoms with Gasteiger partial charge in [0.15, 0.2) is 0 Å². The quantitative estimate of drug-likeness (QED) is 0.639. The maximum absolute atomic E-state index is 5.81. The van der Waals surface area contributed by atoms with E-state index in [0.29, 0.717) is 11.8 Å². The average Bonchev–Trinajstić information content (AvgIpc) is 2.58. The van der Waals surface area contributed by atoms with Gasteiger partial charge < -0.3 is 9.64 Å². The summed E-state index contributed by atoms with van der Waals surface area (Å²) < 4.78 is 5.81. The molecule has 2 heterocycles. The number of ether oxygens (including phenoxy) is 1. The van der Waals surface area contributed by atoms with E-state index in [9.17, 15) is 0 Å². The number of rotatable bonds is 0. The standard InChI is InChI=1S/C13H17NO/c1-9-3-4-13-11(5-9)12-7-14(2)6-10(12)8-15-13/h3-5,10,12H,6-8H2,1-2H3/t10-,12+/m1/s1. The Hall–Kier alpha value is -1.02. The van der Waals surface area contributed by atoms with Crippen molar-refractivity contribution in [1.29, 1.82) is 0 Å². The van der Waals surface area contributed by atoms with Crippen LogP contribution in [0.1, 0.15) is 17.0 Å². The molecule has 0 aliphatic carbocycles. The summed E-state index contributed by atoms with van der Waals surface area (Å²) in [6, 6.07) is 6.56. The zero-order chi connectivity index (χ0) is 10.4. The van der Waals surface area contributed by atoms with E-state index in [4.69, 9.17) is 4.74 Å². The van der Waals surface area contributed by atoms with E-state index >= 15 is 0 Å². The Kier molecular flexibility index (Phi) is 1.99. The predicted molar refractivity (Wildman–Crippen MR) is 60.4 cm³/mol. The minimum absolute atomic E-state index is 0.693. The molecule has 0 spiro atoms. The minimum Gasteiger partial charge on any atom is -0.493 e. The lowest BCUT2D eigenvalue weighted by atomic mass is 9.86. The largest absolute Gasteiger partial charge is 0.493 e. The third-order valence-electron chi connectivity index (χ3n) is 3.64. The Bertz CT molecular complexity index is 388. The molecular formula is C13H17NO. The molecule has 3 rings (SSSR count). The van der Waals surface area contributed by atoms with Crippen LogP contribution in [0.4, 0.5) is 0 Å². The molecule has 15 heavy (non-hydrogen) atoms. The van der Waals surface area contributed by atoms with Crippen LogP contribution < -0.4 is 4.74 Å². The van der Waals surface area contributed by atoms with Gasteiger partial charge in [0, 0.05) is 24.9 Å². The Morgan fingerprint density at radius 1 is 1.33 bits per heavy atom. The van der Waals surface area contributed by atoms with Crippen molar-refractivity contribution >= 4 is 0 Å². The first-order chi connectivity index (χ1) is 7.24. The van der Waals surface area contributed by atoms with Gasteiger partial charge in [-0.3, -0.25) is 0 Å². The molecule has 2 nitrogen and oxygen atoms in total. The van der Waals surface area contributed by atoms with Crippen LogP contribution in [0.2, 0.25) is 0 Å². The summed E-state index contributed by atoms with van der Waals surface area (Å²) in [6.45, 7) is 5.41. The first-order valence-corrected chi connectivity index (χ1v) is 5.66. The first kappa shape index (κ1) is 9.22. The van der Waals surface area contributed by atoms with Gasteiger partial charge in [0.2, 0.25) is 0 Å². The highest BCUT2D eigenvalue weighted by atomic mass is 16.5. The maximum Gasteiger partial charge on any atom is 0.122 e. The monoisotopic (exact) mass is 203 g/mol. The highest BCUT2D eigenvalue weighted by Gasteiger charge is 2.37. The summed E-state index contributed by atoms with van der Waals surface area (Å²) in [5.41, 5.74) is 2.77. The van der Waals surface area contributed by atoms with Gasteiger partial charge in [-0.05, 0) is 25.6 Å². The van der Waals surface area contributed by atoms with E-state index in [1.165, 1.54) is 24.2 Å². The van der Waals surface area contributed by atoms with Gasteiger partial charge in [-0.15, -0.1) is 0 Å². The smallest absolute Gasteiger partial charge is 0.122 e. The number of likely N-dealkylation sites (tertiary alicyclic amines) is 1. The number of benzene rings is 1. The predicted octanol–water partition coefficient (Wildman–Crippen LogP) is 2.03. The molecule has 1 saturated heterocycles. The number of likely N-dealkylation sites (N-methyl/N-ethyl adjacent to an activating group) is 1. The van der Waals surface area contributed by atoms with Crippen molar-refractivity contribution in [3.8, 4) is 5.75 Å². The fourth-order valence-corrected chi connectivity index (χ4v) is 2.89. The molecule has 1 aromatic carbocycles. The number of hydrogen-bond donors (Lipinski definition) is 0. The van der Waals surface area contributed by atoms with Crippen molar-refractivity contribution in [3.63, 3.8) is 0 Å². The van der Waals surface area contributed by atoms with Gasteiger partial charge in [-0.2, -0.15) is 0 Å². The lowest BCUT2D eigenvalue weighted by Gasteiger charge is -2.28. The molecule has 80 valence electrons. The van der Waals surface area contributed by atoms with Crippen LogP contribution >= 0.6 is 0 Å². The summed E-state index contributed by atoms with van der Waals surface area (Å²) in [5.74, 6) is 2.50. The van der Waals surface area contributed by atoms with Crippen molar-refractivity contribution in [1.82, 2.24) is 4.90 Å². The molecule has 0 N–H and O–H groups in total. The second kappa shape index (κ2) is 3.24. The lowest BCUT2D eigenvalue weighted by molar-refractivity contribution is 0.215. The highest BCUT2D eigenvalue weighted by Crippen LogP contribution is 2.41. The van der Waals surface area contributed by atoms with Crippen LogP contribution in [0.25, 0.3) is 0 Å². The van der Waals surface area contributed by atoms with Gasteiger partial charge >= 0.3 is 0 Å². The van der Waals surface area contributed by atoms with E-state index in [0.717, 1.165) is 12.4 Å². The third-order valence-corrected chi connectivity index (χ3v) is 3.64. The zero-order valence-electron chi connectivity index (χ0n) is 9.36. The molecule has 1 aromatic rings. The van der Waals surface area contributed by atoms with Gasteiger partial charge in [0.05, 0.1) is 6.61 Å². The van der Waals surface area contributed by atoms with E-state index in [-0.39, 0.29) is 0 Å². The van der Waals surface area contributed by atoms with Crippen molar-refractivity contribution < 1.29 is 4.74 Å². The zero-order valence-corrected chi connectivity index (χ0v) is 9.36. The van der Waals surface area contributed by atoms with E-state index in [1.807, 2.05) is 0 Å². The van der Waals surface area contributed by atoms with Crippen LogP contribution in [0, 0.1) is 12.8 Å². The summed E-state index contributed by atoms with van der Waals surface area (Å²) >= 11 is 0. The van der Waals surface area contributed by atoms with Crippen LogP contribution in [0.15, 0.2) is 18.2 Å². The van der Waals surface area contributed by atoms with E-state index < -0.39 is 0 Å². The van der Waals surface area contributed by atoms with Crippen LogP contribution in [-0.2, 0) is 0 Å². The topological polar surface area (TPSA) is 12.5 Å². The maximum atomic E-state index is 5.81. The molecular weight excluding hydrogens is 186 g/mol. The molecule has 0 unspecified atom stereocenters. The minimum atomic E-state index is 0.693. The van der Waals surface area contributed by atoms with Gasteiger partial charge in [0.25, 0.3) is 0 Å². The second-order valence-electron chi connectivity index (χ2n) is 4.94. The Morgan fingerprint density at radius 2 is 2.20 bits per heavy atom. The average molecular weight is 203 g/mol. The highest BCUT2D eigenvalue weighted by molar-refractivity contribution is 5.42. The number of fused-ring (bicyclic) bond motifs is 3. The fraction of sp³-hybridized carbons (Fsp3) is 0.538. The summed E-state index contributed by atoms with van der Waals surface area (Å²) in [6.07, 6.45) is 0. The normalized spacial score (nSPS) is 29.5. The van der Waals surface area contributed by atoms with Crippen LogP contribution in [0.5, 0.6) is 5.75 Å². The third kappa shape index (κ3) is 1.44. The van der Waals surface area contributed by atoms with Crippen LogP contribution in [-0.4, -0.2) is 31.6 Å². The first-order valence-electron chi connectivity index (χ1n) is 5.66. The molecule has 0 aromatic heterocycles. The van der Waals surface area contributed by atoms with Crippen molar-refractivity contribution in [2.45, 2.75) is 12.8 Å². The molecule has 0 radical (unpaired) electrons. The molecule has 0 saturated carbocycles. The SMILES string of the molecule is Cc1ccc2c(c1)[C@H]1CN(C)C[C@@H]1CO2. The Balaban J connectivity index is 2.03. The second-order valence-corrected chi connectivity index (χ2v) is 4.94. The fourth-order valence-electron chi connectivity index (χ4n) is 2.89. The molecule has 0 amide bonds. The molecule has 0 bridgehead atoms. The van der Waals surface area contributed by atoms with Gasteiger partial charge in [-0.25, -0.2) is 0 Å². The van der Waals surface area contributed by atoms with Gasteiger partial charge in [-0.1, -0.05) is 17.7 Å². The molecule has 2 aliphatic rings. The number of aryl methyl sites for hydroxylation is 1. The van der Waals surface area contributed by atoms with Gasteiger partial charge in [0.1, 0.15) is 5.75 Å². The number of nitrogens with zero attached hydrogens (tertiary/aromatic N) is 1. The van der Waals surface area contributed by atoms with Crippen molar-refractivity contribution in [2.24, 2.45) is 5.92 Å². The number of hydrogen-bond acceptors (Lipinski definition) is 2. The van der Waals surface area contributed by atoms with Crippen molar-refractivity contribution in [3.05, 3.63) is 29.3 Å². The molecule has 2 atom stereocenters. The summed E-state index contributed by atoms with van der Waals surface area (Å²) in [5, 5.41) is 0. The molecule has 2 heteroatoms. The molecule has 1 fully saturated rings. The summed E-state index contributed by atoms with van der Waals surface area (Å²) in [4.78, 5) is 2.41. The van der Waals surface area contributed by atoms with E-state index in [1.54, 1.807) is 0 Å². The lowest BCUT2D eigenvalue weighted by Crippen LogP contribution is -2.24.